The third-order valence-electron chi connectivity index (χ3n) is 2.61. The van der Waals surface area contributed by atoms with Gasteiger partial charge in [-0.1, -0.05) is 0 Å². The van der Waals surface area contributed by atoms with Crippen molar-refractivity contribution in [1.29, 1.82) is 0 Å². The molecular formula is C8H11N3. The van der Waals surface area contributed by atoms with E-state index in [2.05, 4.69) is 16.1 Å². The van der Waals surface area contributed by atoms with Crippen molar-refractivity contribution >= 4 is 0 Å². The van der Waals surface area contributed by atoms with E-state index < -0.39 is 0 Å². The van der Waals surface area contributed by atoms with Crippen LogP contribution in [0.25, 0.3) is 0 Å². The van der Waals surface area contributed by atoms with Crippen LogP contribution in [-0.4, -0.2) is 12.2 Å². The highest BCUT2D eigenvalue weighted by atomic mass is 15.5. The molecule has 1 spiro atoms. The minimum Gasteiger partial charge on any atom is -0.330 e. The van der Waals surface area contributed by atoms with Gasteiger partial charge in [-0.15, -0.1) is 12.3 Å². The monoisotopic (exact) mass is 149 g/mol. The lowest BCUT2D eigenvalue weighted by molar-refractivity contribution is 0.0913. The Morgan fingerprint density at radius 2 is 2.09 bits per heavy atom. The van der Waals surface area contributed by atoms with Crippen molar-refractivity contribution in [3.05, 3.63) is 0 Å². The molecule has 1 aliphatic heterocycles. The Morgan fingerprint density at radius 1 is 1.45 bits per heavy atom. The first-order chi connectivity index (χ1) is 5.24. The van der Waals surface area contributed by atoms with Crippen LogP contribution in [0.15, 0.2) is 10.2 Å². The van der Waals surface area contributed by atoms with Gasteiger partial charge in [-0.3, -0.25) is 0 Å². The van der Waals surface area contributed by atoms with Crippen LogP contribution in [0.1, 0.15) is 19.3 Å². The molecular weight excluding hydrogens is 138 g/mol. The summed E-state index contributed by atoms with van der Waals surface area (Å²) in [6, 6.07) is 0. The molecule has 0 aromatic rings. The molecule has 0 aromatic heterocycles. The average Bonchev–Trinajstić information content (AvgIpc) is 2.67. The minimum absolute atomic E-state index is 0.0176. The van der Waals surface area contributed by atoms with E-state index in [0.29, 0.717) is 6.54 Å². The first kappa shape index (κ1) is 6.81. The molecule has 3 heteroatoms. The standard InChI is InChI=1S/C8H11N3/c1-2-3-7(6-9)4-8(5-7)10-11-8/h1H,3-6,9H2. The molecule has 3 nitrogen and oxygen atoms in total. The van der Waals surface area contributed by atoms with Gasteiger partial charge in [-0.05, 0) is 6.54 Å². The maximum Gasteiger partial charge on any atom is 0.192 e. The maximum absolute atomic E-state index is 5.62. The molecule has 2 aliphatic rings. The van der Waals surface area contributed by atoms with Crippen LogP contribution in [0.3, 0.4) is 0 Å². The zero-order valence-corrected chi connectivity index (χ0v) is 6.38. The van der Waals surface area contributed by atoms with Crippen LogP contribution in [0, 0.1) is 17.8 Å². The number of terminal acetylenes is 1. The van der Waals surface area contributed by atoms with Gasteiger partial charge >= 0.3 is 0 Å². The van der Waals surface area contributed by atoms with Gasteiger partial charge in [0, 0.05) is 24.7 Å². The lowest BCUT2D eigenvalue weighted by Crippen LogP contribution is -2.48. The van der Waals surface area contributed by atoms with E-state index in [0.717, 1.165) is 19.3 Å². The Morgan fingerprint density at radius 3 is 2.45 bits per heavy atom. The van der Waals surface area contributed by atoms with Crippen molar-refractivity contribution in [2.45, 2.75) is 24.9 Å². The van der Waals surface area contributed by atoms with Gasteiger partial charge in [0.15, 0.2) is 5.66 Å². The SMILES string of the molecule is C#CCC1(CN)CC2(C1)N=N2. The molecule has 2 N–H and O–H groups in total. The summed E-state index contributed by atoms with van der Waals surface area (Å²) >= 11 is 0. The van der Waals surface area contributed by atoms with Crippen molar-refractivity contribution in [2.75, 3.05) is 6.54 Å². The van der Waals surface area contributed by atoms with Crippen LogP contribution in [-0.2, 0) is 0 Å². The average molecular weight is 149 g/mol. The van der Waals surface area contributed by atoms with Crippen molar-refractivity contribution in [3.8, 4) is 12.3 Å². The largest absolute Gasteiger partial charge is 0.330 e. The molecule has 1 heterocycles. The van der Waals surface area contributed by atoms with Crippen molar-refractivity contribution in [3.63, 3.8) is 0 Å². The van der Waals surface area contributed by atoms with Crippen LogP contribution < -0.4 is 5.73 Å². The fourth-order valence-electron chi connectivity index (χ4n) is 1.92. The molecule has 0 bridgehead atoms. The lowest BCUT2D eigenvalue weighted by Gasteiger charge is -2.43. The number of nitrogens with zero attached hydrogens (tertiary/aromatic N) is 2. The Hall–Kier alpha value is -0.880. The smallest absolute Gasteiger partial charge is 0.192 e. The van der Waals surface area contributed by atoms with Crippen LogP contribution in [0.2, 0.25) is 0 Å². The fourth-order valence-corrected chi connectivity index (χ4v) is 1.92. The zero-order valence-electron chi connectivity index (χ0n) is 6.38. The summed E-state index contributed by atoms with van der Waals surface area (Å²) in [7, 11) is 0. The molecule has 0 atom stereocenters. The quantitative estimate of drug-likeness (QED) is 0.583. The normalized spacial score (nSPS) is 27.6. The van der Waals surface area contributed by atoms with Crippen LogP contribution in [0.5, 0.6) is 0 Å². The van der Waals surface area contributed by atoms with Gasteiger partial charge in [0.25, 0.3) is 0 Å². The molecule has 11 heavy (non-hydrogen) atoms. The second kappa shape index (κ2) is 1.83. The summed E-state index contributed by atoms with van der Waals surface area (Å²) in [5, 5.41) is 7.93. The van der Waals surface area contributed by atoms with Gasteiger partial charge in [0.05, 0.1) is 0 Å². The number of nitrogens with two attached hydrogens (primary N) is 1. The van der Waals surface area contributed by atoms with E-state index >= 15 is 0 Å². The third kappa shape index (κ3) is 0.865. The fraction of sp³-hybridized carbons (Fsp3) is 0.750. The Labute approximate surface area is 66.1 Å². The lowest BCUT2D eigenvalue weighted by atomic mass is 9.61. The summed E-state index contributed by atoms with van der Waals surface area (Å²) in [4.78, 5) is 0. The molecule has 1 aliphatic carbocycles. The molecule has 2 rings (SSSR count). The summed E-state index contributed by atoms with van der Waals surface area (Å²) in [6.45, 7) is 0.671. The van der Waals surface area contributed by atoms with Crippen LogP contribution in [0.4, 0.5) is 0 Å². The van der Waals surface area contributed by atoms with Gasteiger partial charge in [-0.25, -0.2) is 0 Å². The van der Waals surface area contributed by atoms with E-state index in [1.807, 2.05) is 0 Å². The molecule has 0 saturated heterocycles. The van der Waals surface area contributed by atoms with E-state index in [-0.39, 0.29) is 11.1 Å². The molecule has 0 aromatic carbocycles. The number of rotatable bonds is 2. The molecule has 1 fully saturated rings. The second-order valence-electron chi connectivity index (χ2n) is 3.62. The topological polar surface area (TPSA) is 50.7 Å². The van der Waals surface area contributed by atoms with Gasteiger partial charge < -0.3 is 5.73 Å². The van der Waals surface area contributed by atoms with Crippen molar-refractivity contribution in [1.82, 2.24) is 0 Å². The minimum atomic E-state index is -0.0176. The van der Waals surface area contributed by atoms with E-state index in [4.69, 9.17) is 12.2 Å². The molecule has 0 radical (unpaired) electrons. The first-order valence-electron chi connectivity index (χ1n) is 3.82. The predicted octanol–water partition coefficient (Wildman–Crippen LogP) is 0.911. The molecule has 0 amide bonds. The van der Waals surface area contributed by atoms with Crippen molar-refractivity contribution in [2.24, 2.45) is 21.4 Å². The molecule has 1 saturated carbocycles. The zero-order chi connectivity index (χ0) is 7.95. The third-order valence-corrected chi connectivity index (χ3v) is 2.61. The highest BCUT2D eigenvalue weighted by Crippen LogP contribution is 2.58. The van der Waals surface area contributed by atoms with Gasteiger partial charge in [-0.2, -0.15) is 10.2 Å². The summed E-state index contributed by atoms with van der Waals surface area (Å²) in [5.74, 6) is 2.66. The molecule has 58 valence electrons. The van der Waals surface area contributed by atoms with Crippen molar-refractivity contribution < 1.29 is 0 Å². The van der Waals surface area contributed by atoms with Gasteiger partial charge in [0.2, 0.25) is 0 Å². The van der Waals surface area contributed by atoms with Gasteiger partial charge in [0.1, 0.15) is 0 Å². The molecule has 0 unspecified atom stereocenters. The van der Waals surface area contributed by atoms with E-state index in [1.165, 1.54) is 0 Å². The Kier molecular flexibility index (Phi) is 1.13. The predicted molar refractivity (Wildman–Crippen MR) is 41.8 cm³/mol. The summed E-state index contributed by atoms with van der Waals surface area (Å²) in [6.07, 6.45) is 7.96. The maximum atomic E-state index is 5.62. The Balaban J connectivity index is 1.96. The van der Waals surface area contributed by atoms with E-state index in [9.17, 15) is 0 Å². The van der Waals surface area contributed by atoms with E-state index in [1.54, 1.807) is 0 Å². The Bertz CT molecular complexity index is 235. The van der Waals surface area contributed by atoms with Crippen LogP contribution >= 0.6 is 0 Å². The first-order valence-corrected chi connectivity index (χ1v) is 3.82. The second-order valence-corrected chi connectivity index (χ2v) is 3.62. The highest BCUT2D eigenvalue weighted by molar-refractivity contribution is 5.15. The highest BCUT2D eigenvalue weighted by Gasteiger charge is 2.60. The number of hydrogen-bond donors (Lipinski definition) is 1. The summed E-state index contributed by atoms with van der Waals surface area (Å²) in [5.41, 5.74) is 5.77. The number of hydrogen-bond acceptors (Lipinski definition) is 3. The summed E-state index contributed by atoms with van der Waals surface area (Å²) < 4.78 is 0.